The number of aromatic hydroxyl groups is 1. The molecule has 3 heteroatoms. The van der Waals surface area contributed by atoms with Gasteiger partial charge in [0.2, 0.25) is 0 Å². The summed E-state index contributed by atoms with van der Waals surface area (Å²) in [5.74, 6) is -0.199. The Morgan fingerprint density at radius 3 is 3.00 bits per heavy atom. The zero-order valence-electron chi connectivity index (χ0n) is 2.88. The summed E-state index contributed by atoms with van der Waals surface area (Å²) in [6.07, 6.45) is 2.26. The van der Waals surface area contributed by atoms with Crippen molar-refractivity contribution < 1.29 is 9.63 Å². The molecule has 3 nitrogen and oxygen atoms in total. The Morgan fingerprint density at radius 1 is 2.00 bits per heavy atom. The molecule has 1 aromatic rings. The van der Waals surface area contributed by atoms with Gasteiger partial charge in [-0.3, -0.25) is 0 Å². The molecule has 1 aromatic heterocycles. The van der Waals surface area contributed by atoms with Crippen LogP contribution in [0, 0.1) is 6.20 Å². The highest BCUT2D eigenvalue weighted by Gasteiger charge is 1.82. The average Bonchev–Trinajstić information content (AvgIpc) is 1.86. The first-order chi connectivity index (χ1) is 2.89. The molecule has 0 amide bonds. The number of rotatable bonds is 0. The molecule has 0 saturated carbocycles. The molecule has 0 unspecified atom stereocenters. The summed E-state index contributed by atoms with van der Waals surface area (Å²) in [5, 5.41) is 11.3. The molecule has 31 valence electrons. The number of aromatic nitrogens is 1. The van der Waals surface area contributed by atoms with Gasteiger partial charge in [0, 0.05) is 0 Å². The Balaban J connectivity index is 3.05. The van der Waals surface area contributed by atoms with E-state index < -0.39 is 0 Å². The van der Waals surface area contributed by atoms with Gasteiger partial charge < -0.3 is 9.63 Å². The summed E-state index contributed by atoms with van der Waals surface area (Å²) in [5.41, 5.74) is 0. The first-order valence-electron chi connectivity index (χ1n) is 1.41. The van der Waals surface area contributed by atoms with Gasteiger partial charge in [0.1, 0.15) is 6.20 Å². The average molecular weight is 84.1 g/mol. The van der Waals surface area contributed by atoms with Crippen molar-refractivity contribution in [1.29, 1.82) is 0 Å². The zero-order valence-corrected chi connectivity index (χ0v) is 2.88. The van der Waals surface area contributed by atoms with Gasteiger partial charge in [0.05, 0.1) is 6.07 Å². The minimum atomic E-state index is -0.199. The van der Waals surface area contributed by atoms with Crippen LogP contribution in [0.3, 0.4) is 0 Å². The Kier molecular flexibility index (Phi) is 0.538. The van der Waals surface area contributed by atoms with Crippen molar-refractivity contribution in [3.05, 3.63) is 12.3 Å². The summed E-state index contributed by atoms with van der Waals surface area (Å²) >= 11 is 0. The van der Waals surface area contributed by atoms with Gasteiger partial charge in [-0.05, 0) is 0 Å². The fourth-order valence-corrected chi connectivity index (χ4v) is 0.181. The van der Waals surface area contributed by atoms with Crippen LogP contribution >= 0.6 is 0 Å². The second-order valence-corrected chi connectivity index (χ2v) is 0.794. The van der Waals surface area contributed by atoms with Crippen LogP contribution in [0.25, 0.3) is 0 Å². The Bertz CT molecular complexity index is 112. The van der Waals surface area contributed by atoms with E-state index in [2.05, 4.69) is 15.9 Å². The van der Waals surface area contributed by atoms with E-state index in [9.17, 15) is 0 Å². The molecule has 0 atom stereocenters. The normalized spacial score (nSPS) is 8.67. The molecule has 1 rings (SSSR count). The van der Waals surface area contributed by atoms with Gasteiger partial charge >= 0.3 is 5.95 Å². The molecule has 1 heterocycles. The van der Waals surface area contributed by atoms with Gasteiger partial charge in [-0.25, -0.2) is 0 Å². The van der Waals surface area contributed by atoms with E-state index in [1.54, 1.807) is 0 Å². The molecule has 0 spiro atoms. The molecule has 0 aliphatic heterocycles. The van der Waals surface area contributed by atoms with E-state index >= 15 is 0 Å². The second-order valence-electron chi connectivity index (χ2n) is 0.794. The van der Waals surface area contributed by atoms with Gasteiger partial charge in [0.25, 0.3) is 0 Å². The van der Waals surface area contributed by atoms with Crippen LogP contribution in [-0.2, 0) is 0 Å². The summed E-state index contributed by atoms with van der Waals surface area (Å²) < 4.78 is 4.08. The van der Waals surface area contributed by atoms with Gasteiger partial charge in [-0.2, -0.15) is 0 Å². The molecule has 1 radical (unpaired) electrons. The molecule has 0 aliphatic rings. The summed E-state index contributed by atoms with van der Waals surface area (Å²) in [4.78, 5) is 0. The minimum Gasteiger partial charge on any atom is -0.479 e. The predicted octanol–water partition coefficient (Wildman–Crippen LogP) is 0.180. The maximum atomic E-state index is 8.21. The quantitative estimate of drug-likeness (QED) is 0.487. The van der Waals surface area contributed by atoms with E-state index in [-0.39, 0.29) is 5.95 Å². The highest BCUT2D eigenvalue weighted by Crippen LogP contribution is 2.00. The van der Waals surface area contributed by atoms with Crippen LogP contribution in [0.15, 0.2) is 10.6 Å². The van der Waals surface area contributed by atoms with Crippen LogP contribution in [0.5, 0.6) is 5.95 Å². The highest BCUT2D eigenvalue weighted by atomic mass is 16.5. The van der Waals surface area contributed by atoms with Crippen LogP contribution < -0.4 is 0 Å². The van der Waals surface area contributed by atoms with E-state index in [1.165, 1.54) is 6.07 Å². The lowest BCUT2D eigenvalue weighted by Crippen LogP contribution is -1.44. The summed E-state index contributed by atoms with van der Waals surface area (Å²) in [6.45, 7) is 0. The van der Waals surface area contributed by atoms with Crippen LogP contribution in [0.4, 0.5) is 0 Å². The van der Waals surface area contributed by atoms with Crippen molar-refractivity contribution >= 4 is 0 Å². The fourth-order valence-electron chi connectivity index (χ4n) is 0.181. The third kappa shape index (κ3) is 0.337. The molecule has 0 aliphatic carbocycles. The molecule has 0 saturated heterocycles. The van der Waals surface area contributed by atoms with Crippen molar-refractivity contribution in [3.8, 4) is 5.95 Å². The zero-order chi connectivity index (χ0) is 4.41. The Labute approximate surface area is 34.2 Å². The summed E-state index contributed by atoms with van der Waals surface area (Å²) in [6, 6.07) is 1.24. The SMILES string of the molecule is Oc1c[c]no1. The lowest BCUT2D eigenvalue weighted by molar-refractivity contribution is 0.277. The molecular weight excluding hydrogens is 82.0 g/mol. The highest BCUT2D eigenvalue weighted by molar-refractivity contribution is 4.93. The second kappa shape index (κ2) is 1.01. The monoisotopic (exact) mass is 84.0 g/mol. The number of nitrogens with zero attached hydrogens (tertiary/aromatic N) is 1. The number of hydrogen-bond donors (Lipinski definition) is 1. The third-order valence-corrected chi connectivity index (χ3v) is 0.380. The predicted molar refractivity (Wildman–Crippen MR) is 17.0 cm³/mol. The van der Waals surface area contributed by atoms with Crippen LogP contribution in [0.1, 0.15) is 0 Å². The van der Waals surface area contributed by atoms with Crippen molar-refractivity contribution in [2.24, 2.45) is 0 Å². The number of hydrogen-bond acceptors (Lipinski definition) is 3. The topological polar surface area (TPSA) is 46.3 Å². The molecule has 0 bridgehead atoms. The van der Waals surface area contributed by atoms with E-state index in [0.29, 0.717) is 0 Å². The van der Waals surface area contributed by atoms with E-state index in [4.69, 9.17) is 5.11 Å². The van der Waals surface area contributed by atoms with E-state index in [0.717, 1.165) is 0 Å². The standard InChI is InChI=1S/C3H2NO2/c5-3-1-2-4-6-3/h1,5H. The maximum Gasteiger partial charge on any atom is 0.309 e. The summed E-state index contributed by atoms with van der Waals surface area (Å²) in [7, 11) is 0. The smallest absolute Gasteiger partial charge is 0.309 e. The minimum absolute atomic E-state index is 0.199. The van der Waals surface area contributed by atoms with Crippen molar-refractivity contribution in [3.63, 3.8) is 0 Å². The van der Waals surface area contributed by atoms with Crippen molar-refractivity contribution in [2.45, 2.75) is 0 Å². The first kappa shape index (κ1) is 3.21. The van der Waals surface area contributed by atoms with Gasteiger partial charge in [0.15, 0.2) is 0 Å². The van der Waals surface area contributed by atoms with Crippen LogP contribution in [-0.4, -0.2) is 10.3 Å². The van der Waals surface area contributed by atoms with Gasteiger partial charge in [-0.1, -0.05) is 5.16 Å². The van der Waals surface area contributed by atoms with Crippen molar-refractivity contribution in [2.75, 3.05) is 0 Å². The molecule has 0 fully saturated rings. The van der Waals surface area contributed by atoms with Crippen LogP contribution in [0.2, 0.25) is 0 Å². The van der Waals surface area contributed by atoms with Gasteiger partial charge in [-0.15, -0.1) is 0 Å². The lowest BCUT2D eigenvalue weighted by Gasteiger charge is -1.66. The largest absolute Gasteiger partial charge is 0.479 e. The molecule has 1 N–H and O–H groups in total. The molecular formula is C3H2NO2. The first-order valence-corrected chi connectivity index (χ1v) is 1.41. The Hall–Kier alpha value is -0.990. The Morgan fingerprint density at radius 2 is 2.83 bits per heavy atom. The molecule has 0 aromatic carbocycles. The maximum absolute atomic E-state index is 8.21. The van der Waals surface area contributed by atoms with E-state index in [1.807, 2.05) is 0 Å². The third-order valence-electron chi connectivity index (χ3n) is 0.380. The lowest BCUT2D eigenvalue weighted by atomic mass is 10.7. The van der Waals surface area contributed by atoms with Crippen molar-refractivity contribution in [1.82, 2.24) is 5.16 Å². The fraction of sp³-hybridized carbons (Fsp3) is 0. The molecule has 6 heavy (non-hydrogen) atoms.